The van der Waals surface area contributed by atoms with Crippen LogP contribution >= 0.6 is 0 Å². The van der Waals surface area contributed by atoms with E-state index in [0.717, 1.165) is 36.5 Å². The largest absolute Gasteiger partial charge is 0.469 e. The van der Waals surface area contributed by atoms with Gasteiger partial charge in [0.05, 0.1) is 13.5 Å². The van der Waals surface area contributed by atoms with Gasteiger partial charge in [0.2, 0.25) is 0 Å². The highest BCUT2D eigenvalue weighted by atomic mass is 16.5. The van der Waals surface area contributed by atoms with Crippen LogP contribution in [0.3, 0.4) is 0 Å². The van der Waals surface area contributed by atoms with Crippen molar-refractivity contribution < 1.29 is 9.53 Å². The van der Waals surface area contributed by atoms with Gasteiger partial charge in [0.1, 0.15) is 5.82 Å². The van der Waals surface area contributed by atoms with Crippen LogP contribution in [0.4, 0.5) is 0 Å². The van der Waals surface area contributed by atoms with Crippen LogP contribution in [0, 0.1) is 0 Å². The molecule has 5 heteroatoms. The molecule has 1 N–H and O–H groups in total. The van der Waals surface area contributed by atoms with Crippen LogP contribution in [0.15, 0.2) is 36.7 Å². The van der Waals surface area contributed by atoms with Crippen molar-refractivity contribution in [2.24, 2.45) is 7.05 Å². The van der Waals surface area contributed by atoms with Crippen LogP contribution in [0.1, 0.15) is 17.0 Å². The third-order valence-corrected chi connectivity index (χ3v) is 3.44. The number of nitrogens with zero attached hydrogens (tertiary/aromatic N) is 2. The number of benzene rings is 1. The van der Waals surface area contributed by atoms with Crippen molar-refractivity contribution in [3.8, 4) is 0 Å². The van der Waals surface area contributed by atoms with Crippen molar-refractivity contribution in [1.82, 2.24) is 14.9 Å². The number of aromatic nitrogens is 2. The molecule has 0 aliphatic heterocycles. The average molecular weight is 287 g/mol. The van der Waals surface area contributed by atoms with Gasteiger partial charge in [-0.2, -0.15) is 0 Å². The summed E-state index contributed by atoms with van der Waals surface area (Å²) in [6.07, 6.45) is 4.94. The molecule has 0 fully saturated rings. The summed E-state index contributed by atoms with van der Waals surface area (Å²) in [5.41, 5.74) is 2.14. The smallest absolute Gasteiger partial charge is 0.309 e. The minimum Gasteiger partial charge on any atom is -0.469 e. The van der Waals surface area contributed by atoms with Gasteiger partial charge in [-0.25, -0.2) is 4.98 Å². The Hall–Kier alpha value is -2.14. The van der Waals surface area contributed by atoms with E-state index in [1.165, 1.54) is 7.11 Å². The first-order chi connectivity index (χ1) is 10.2. The van der Waals surface area contributed by atoms with E-state index in [1.54, 1.807) is 6.20 Å². The lowest BCUT2D eigenvalue weighted by molar-refractivity contribution is -0.139. The molecule has 1 heterocycles. The summed E-state index contributed by atoms with van der Waals surface area (Å²) < 4.78 is 6.75. The van der Waals surface area contributed by atoms with E-state index in [0.29, 0.717) is 6.42 Å². The molecule has 0 amide bonds. The number of hydrogen-bond donors (Lipinski definition) is 1. The first-order valence-corrected chi connectivity index (χ1v) is 7.01. The molecule has 0 atom stereocenters. The van der Waals surface area contributed by atoms with E-state index in [4.69, 9.17) is 4.74 Å². The second kappa shape index (κ2) is 7.59. The fourth-order valence-corrected chi connectivity index (χ4v) is 2.19. The molecular formula is C16H21N3O2. The molecule has 21 heavy (non-hydrogen) atoms. The third kappa shape index (κ3) is 4.43. The number of nitrogens with one attached hydrogen (secondary N) is 1. The quantitative estimate of drug-likeness (QED) is 0.619. The predicted molar refractivity (Wildman–Crippen MR) is 80.8 cm³/mol. The summed E-state index contributed by atoms with van der Waals surface area (Å²) >= 11 is 0. The first kappa shape index (κ1) is 15.3. The lowest BCUT2D eigenvalue weighted by Crippen LogP contribution is -2.19. The maximum absolute atomic E-state index is 11.4. The topological polar surface area (TPSA) is 56.1 Å². The molecule has 112 valence electrons. The van der Waals surface area contributed by atoms with E-state index in [2.05, 4.69) is 10.3 Å². The number of carbonyl (C=O) groups excluding carboxylic acids is 1. The highest BCUT2D eigenvalue weighted by molar-refractivity contribution is 5.72. The van der Waals surface area contributed by atoms with Crippen LogP contribution in [0.2, 0.25) is 0 Å². The van der Waals surface area contributed by atoms with Crippen molar-refractivity contribution >= 4 is 5.97 Å². The molecule has 2 aromatic rings. The van der Waals surface area contributed by atoms with Crippen LogP contribution in [-0.2, 0) is 36.0 Å². The standard InChI is InChI=1S/C16H21N3O2/c1-19-10-9-18-15(19)7-8-17-12-14-6-4-3-5-13(14)11-16(20)21-2/h3-6,9-10,17H,7-8,11-12H2,1-2H3. The van der Waals surface area contributed by atoms with Crippen LogP contribution in [0.5, 0.6) is 0 Å². The molecule has 5 nitrogen and oxygen atoms in total. The Bertz CT molecular complexity index is 593. The van der Waals surface area contributed by atoms with Gasteiger partial charge in [0.15, 0.2) is 0 Å². The van der Waals surface area contributed by atoms with Gasteiger partial charge in [-0.15, -0.1) is 0 Å². The van der Waals surface area contributed by atoms with Gasteiger partial charge in [-0.1, -0.05) is 24.3 Å². The molecule has 0 aliphatic rings. The Labute approximate surface area is 125 Å². The minimum absolute atomic E-state index is 0.213. The van der Waals surface area contributed by atoms with E-state index < -0.39 is 0 Å². The number of carbonyl (C=O) groups is 1. The van der Waals surface area contributed by atoms with Crippen LogP contribution < -0.4 is 5.32 Å². The van der Waals surface area contributed by atoms with Gasteiger partial charge in [-0.05, 0) is 11.1 Å². The molecule has 0 saturated heterocycles. The number of methoxy groups -OCH3 is 1. The molecule has 0 saturated carbocycles. The summed E-state index contributed by atoms with van der Waals surface area (Å²) in [6, 6.07) is 7.92. The number of imidazole rings is 1. The Morgan fingerprint density at radius 3 is 2.76 bits per heavy atom. The lowest BCUT2D eigenvalue weighted by atomic mass is 10.0. The fraction of sp³-hybridized carbons (Fsp3) is 0.375. The molecule has 0 radical (unpaired) electrons. The highest BCUT2D eigenvalue weighted by Gasteiger charge is 2.07. The summed E-state index contributed by atoms with van der Waals surface area (Å²) in [5.74, 6) is 0.848. The molecule has 2 rings (SSSR count). The van der Waals surface area contributed by atoms with Gasteiger partial charge >= 0.3 is 5.97 Å². The zero-order valence-corrected chi connectivity index (χ0v) is 12.5. The van der Waals surface area contributed by atoms with Crippen molar-refractivity contribution in [1.29, 1.82) is 0 Å². The molecule has 0 bridgehead atoms. The molecule has 1 aromatic carbocycles. The Morgan fingerprint density at radius 1 is 1.33 bits per heavy atom. The van der Waals surface area contributed by atoms with Gasteiger partial charge in [-0.3, -0.25) is 4.79 Å². The first-order valence-electron chi connectivity index (χ1n) is 7.01. The zero-order chi connectivity index (χ0) is 15.1. The summed E-state index contributed by atoms with van der Waals surface area (Å²) in [6.45, 7) is 1.58. The summed E-state index contributed by atoms with van der Waals surface area (Å²) in [7, 11) is 3.41. The minimum atomic E-state index is -0.213. The number of rotatable bonds is 7. The molecule has 0 aliphatic carbocycles. The summed E-state index contributed by atoms with van der Waals surface area (Å²) in [4.78, 5) is 15.7. The molecule has 0 unspecified atom stereocenters. The molecule has 0 spiro atoms. The molecule has 1 aromatic heterocycles. The van der Waals surface area contributed by atoms with Crippen LogP contribution in [0.25, 0.3) is 0 Å². The number of esters is 1. The summed E-state index contributed by atoms with van der Waals surface area (Å²) in [5, 5.41) is 3.39. The fourth-order valence-electron chi connectivity index (χ4n) is 2.19. The second-order valence-corrected chi connectivity index (χ2v) is 4.90. The van der Waals surface area contributed by atoms with Crippen molar-refractivity contribution in [2.75, 3.05) is 13.7 Å². The third-order valence-electron chi connectivity index (χ3n) is 3.44. The number of aryl methyl sites for hydroxylation is 1. The Morgan fingerprint density at radius 2 is 2.10 bits per heavy atom. The lowest BCUT2D eigenvalue weighted by Gasteiger charge is -2.10. The average Bonchev–Trinajstić information content (AvgIpc) is 2.90. The van der Waals surface area contributed by atoms with E-state index in [9.17, 15) is 4.79 Å². The van der Waals surface area contributed by atoms with Crippen molar-refractivity contribution in [2.45, 2.75) is 19.4 Å². The van der Waals surface area contributed by atoms with Crippen molar-refractivity contribution in [3.05, 3.63) is 53.6 Å². The SMILES string of the molecule is COC(=O)Cc1ccccc1CNCCc1nccn1C. The predicted octanol–water partition coefficient (Wildman–Crippen LogP) is 1.47. The van der Waals surface area contributed by atoms with Crippen LogP contribution in [-0.4, -0.2) is 29.2 Å². The van der Waals surface area contributed by atoms with E-state index in [1.807, 2.05) is 42.1 Å². The monoisotopic (exact) mass is 287 g/mol. The van der Waals surface area contributed by atoms with Gasteiger partial charge < -0.3 is 14.6 Å². The second-order valence-electron chi connectivity index (χ2n) is 4.90. The normalized spacial score (nSPS) is 10.6. The Kier molecular flexibility index (Phi) is 5.51. The maximum Gasteiger partial charge on any atom is 0.309 e. The zero-order valence-electron chi connectivity index (χ0n) is 12.5. The van der Waals surface area contributed by atoms with E-state index in [-0.39, 0.29) is 5.97 Å². The van der Waals surface area contributed by atoms with E-state index >= 15 is 0 Å². The maximum atomic E-state index is 11.4. The molecular weight excluding hydrogens is 266 g/mol. The van der Waals surface area contributed by atoms with Gasteiger partial charge in [0.25, 0.3) is 0 Å². The van der Waals surface area contributed by atoms with Crippen molar-refractivity contribution in [3.63, 3.8) is 0 Å². The Balaban J connectivity index is 1.85. The van der Waals surface area contributed by atoms with Gasteiger partial charge in [0, 0.05) is 39.0 Å². The number of hydrogen-bond acceptors (Lipinski definition) is 4. The number of ether oxygens (including phenoxy) is 1. The highest BCUT2D eigenvalue weighted by Crippen LogP contribution is 2.10.